The van der Waals surface area contributed by atoms with Crippen LogP contribution in [-0.2, 0) is 9.59 Å². The van der Waals surface area contributed by atoms with Gasteiger partial charge in [0, 0.05) is 19.4 Å². The lowest BCUT2D eigenvalue weighted by Gasteiger charge is -2.21. The lowest BCUT2D eigenvalue weighted by Crippen LogP contribution is -2.41. The van der Waals surface area contributed by atoms with Gasteiger partial charge in [-0.15, -0.1) is 0 Å². The average molecular weight is 278 g/mol. The average Bonchev–Trinajstić information content (AvgIpc) is 2.36. The third-order valence-electron chi connectivity index (χ3n) is 2.56. The van der Waals surface area contributed by atoms with E-state index in [-0.39, 0.29) is 31.7 Å². The first-order valence-electron chi connectivity index (χ1n) is 6.08. The van der Waals surface area contributed by atoms with E-state index >= 15 is 0 Å². The molecule has 0 aromatic carbocycles. The summed E-state index contributed by atoms with van der Waals surface area (Å²) in [5.74, 6) is -0.755. The van der Waals surface area contributed by atoms with Gasteiger partial charge in [-0.25, -0.2) is 0 Å². The largest absolute Gasteiger partial charge is 0.394 e. The second-order valence-corrected chi connectivity index (χ2v) is 4.27. The lowest BCUT2D eigenvalue weighted by molar-refractivity contribution is -0.121. The highest BCUT2D eigenvalue weighted by Gasteiger charge is 2.23. The van der Waals surface area contributed by atoms with Gasteiger partial charge < -0.3 is 31.5 Å². The zero-order valence-electron chi connectivity index (χ0n) is 10.7. The first-order chi connectivity index (χ1) is 8.88. The summed E-state index contributed by atoms with van der Waals surface area (Å²) in [7, 11) is 0. The fourth-order valence-corrected chi connectivity index (χ4v) is 1.41. The van der Waals surface area contributed by atoms with Crippen molar-refractivity contribution in [2.24, 2.45) is 5.73 Å². The van der Waals surface area contributed by atoms with E-state index in [4.69, 9.17) is 15.9 Å². The van der Waals surface area contributed by atoms with Gasteiger partial charge in [0.05, 0.1) is 12.7 Å². The van der Waals surface area contributed by atoms with Gasteiger partial charge in [-0.05, 0) is 12.8 Å². The minimum absolute atomic E-state index is 0.0415. The maximum Gasteiger partial charge on any atom is 0.220 e. The zero-order valence-corrected chi connectivity index (χ0v) is 10.7. The third kappa shape index (κ3) is 8.49. The molecule has 0 aromatic heterocycles. The topological polar surface area (TPSA) is 153 Å². The van der Waals surface area contributed by atoms with E-state index in [1.165, 1.54) is 0 Å². The second kappa shape index (κ2) is 9.68. The molecule has 0 bridgehead atoms. The highest BCUT2D eigenvalue weighted by atomic mass is 16.4. The van der Waals surface area contributed by atoms with E-state index < -0.39 is 30.8 Å². The monoisotopic (exact) mass is 278 g/mol. The molecule has 0 heterocycles. The van der Waals surface area contributed by atoms with Crippen molar-refractivity contribution in [3.8, 4) is 0 Å². The Morgan fingerprint density at radius 1 is 1.11 bits per heavy atom. The Kier molecular flexibility index (Phi) is 9.06. The van der Waals surface area contributed by atoms with Crippen molar-refractivity contribution in [1.29, 1.82) is 0 Å². The molecular weight excluding hydrogens is 256 g/mol. The summed E-state index contributed by atoms with van der Waals surface area (Å²) in [6.07, 6.45) is -3.43. The fourth-order valence-electron chi connectivity index (χ4n) is 1.41. The number of nitrogens with two attached hydrogens (primary N) is 1. The van der Waals surface area contributed by atoms with Gasteiger partial charge in [0.2, 0.25) is 11.8 Å². The molecule has 0 aliphatic heterocycles. The Bertz CT molecular complexity index is 286. The van der Waals surface area contributed by atoms with E-state index in [0.29, 0.717) is 6.42 Å². The molecule has 0 saturated carbocycles. The standard InChI is InChI=1S/C11H22N2O6/c12-9(17)2-1-3-10(18)13-5-4-7(15)11(19)8(16)6-14/h7-8,11,14-16,19H,1-6H2,(H2,12,17)(H,13,18)/t7-,8-,11+/m1/s1. The molecular formula is C11H22N2O6. The molecule has 7 N–H and O–H groups in total. The highest BCUT2D eigenvalue weighted by Crippen LogP contribution is 2.03. The SMILES string of the molecule is NC(=O)CCCC(=O)NCC[C@@H](O)[C@H](O)[C@H](O)CO. The quantitative estimate of drug-likeness (QED) is 0.254. The number of nitrogens with one attached hydrogen (secondary N) is 1. The molecule has 0 spiro atoms. The van der Waals surface area contributed by atoms with Crippen molar-refractivity contribution in [1.82, 2.24) is 5.32 Å². The molecule has 0 fully saturated rings. The van der Waals surface area contributed by atoms with Crippen LogP contribution in [0.1, 0.15) is 25.7 Å². The highest BCUT2D eigenvalue weighted by molar-refractivity contribution is 5.77. The first kappa shape index (κ1) is 17.8. The number of carbonyl (C=O) groups excluding carboxylic acids is 2. The van der Waals surface area contributed by atoms with E-state index in [1.54, 1.807) is 0 Å². The summed E-state index contributed by atoms with van der Waals surface area (Å²) in [6, 6.07) is 0. The van der Waals surface area contributed by atoms with Crippen LogP contribution >= 0.6 is 0 Å². The molecule has 0 aromatic rings. The number of hydrogen-bond donors (Lipinski definition) is 6. The van der Waals surface area contributed by atoms with E-state index in [2.05, 4.69) is 5.32 Å². The lowest BCUT2D eigenvalue weighted by atomic mass is 10.1. The molecule has 0 aliphatic rings. The van der Waals surface area contributed by atoms with Crippen molar-refractivity contribution in [3.05, 3.63) is 0 Å². The number of rotatable bonds is 10. The van der Waals surface area contributed by atoms with Crippen molar-refractivity contribution < 1.29 is 30.0 Å². The Morgan fingerprint density at radius 2 is 1.74 bits per heavy atom. The van der Waals surface area contributed by atoms with Gasteiger partial charge in [-0.2, -0.15) is 0 Å². The number of carbonyl (C=O) groups is 2. The van der Waals surface area contributed by atoms with Crippen LogP contribution in [0.2, 0.25) is 0 Å². The maximum absolute atomic E-state index is 11.3. The second-order valence-electron chi connectivity index (χ2n) is 4.27. The van der Waals surface area contributed by atoms with Crippen LogP contribution in [0.5, 0.6) is 0 Å². The Balaban J connectivity index is 3.72. The summed E-state index contributed by atoms with van der Waals surface area (Å²) in [5, 5.41) is 38.9. The van der Waals surface area contributed by atoms with Crippen LogP contribution < -0.4 is 11.1 Å². The summed E-state index contributed by atoms with van der Waals surface area (Å²) >= 11 is 0. The van der Waals surface area contributed by atoms with Crippen molar-refractivity contribution in [2.75, 3.05) is 13.2 Å². The normalized spacial score (nSPS) is 15.6. The number of hydrogen-bond acceptors (Lipinski definition) is 6. The first-order valence-corrected chi connectivity index (χ1v) is 6.08. The fraction of sp³-hybridized carbons (Fsp3) is 0.818. The van der Waals surface area contributed by atoms with E-state index in [9.17, 15) is 19.8 Å². The van der Waals surface area contributed by atoms with Crippen LogP contribution in [0.25, 0.3) is 0 Å². The summed E-state index contributed by atoms with van der Waals surface area (Å²) < 4.78 is 0. The molecule has 0 rings (SSSR count). The van der Waals surface area contributed by atoms with Gasteiger partial charge in [-0.1, -0.05) is 0 Å². The predicted molar refractivity (Wildman–Crippen MR) is 65.8 cm³/mol. The molecule has 8 heteroatoms. The minimum Gasteiger partial charge on any atom is -0.394 e. The number of amides is 2. The van der Waals surface area contributed by atoms with Crippen molar-refractivity contribution in [2.45, 2.75) is 44.0 Å². The number of primary amides is 1. The van der Waals surface area contributed by atoms with Gasteiger partial charge in [0.25, 0.3) is 0 Å². The van der Waals surface area contributed by atoms with Gasteiger partial charge in [-0.3, -0.25) is 9.59 Å². The van der Waals surface area contributed by atoms with Gasteiger partial charge in [0.1, 0.15) is 12.2 Å². The molecule has 19 heavy (non-hydrogen) atoms. The number of aliphatic hydroxyl groups excluding tert-OH is 4. The van der Waals surface area contributed by atoms with E-state index in [1.807, 2.05) is 0 Å². The third-order valence-corrected chi connectivity index (χ3v) is 2.56. The van der Waals surface area contributed by atoms with Crippen molar-refractivity contribution in [3.63, 3.8) is 0 Å². The Hall–Kier alpha value is -1.22. The van der Waals surface area contributed by atoms with Crippen LogP contribution in [0, 0.1) is 0 Å². The van der Waals surface area contributed by atoms with Crippen molar-refractivity contribution >= 4 is 11.8 Å². The zero-order chi connectivity index (χ0) is 14.8. The Labute approximate surface area is 111 Å². The predicted octanol–water partition coefficient (Wildman–Crippen LogP) is -2.78. The molecule has 3 atom stereocenters. The van der Waals surface area contributed by atoms with Crippen LogP contribution in [0.15, 0.2) is 0 Å². The number of aliphatic hydroxyl groups is 4. The molecule has 2 amide bonds. The van der Waals surface area contributed by atoms with Crippen LogP contribution in [-0.4, -0.2) is 63.7 Å². The summed E-state index contributed by atoms with van der Waals surface area (Å²) in [5.41, 5.74) is 4.92. The van der Waals surface area contributed by atoms with E-state index in [0.717, 1.165) is 0 Å². The van der Waals surface area contributed by atoms with Crippen LogP contribution in [0.3, 0.4) is 0 Å². The van der Waals surface area contributed by atoms with Gasteiger partial charge >= 0.3 is 0 Å². The molecule has 0 aliphatic carbocycles. The van der Waals surface area contributed by atoms with Gasteiger partial charge in [0.15, 0.2) is 0 Å². The molecule has 8 nitrogen and oxygen atoms in total. The molecule has 0 unspecified atom stereocenters. The maximum atomic E-state index is 11.3. The van der Waals surface area contributed by atoms with Crippen LogP contribution in [0.4, 0.5) is 0 Å². The summed E-state index contributed by atoms with van der Waals surface area (Å²) in [4.78, 5) is 21.7. The molecule has 0 radical (unpaired) electrons. The molecule has 112 valence electrons. The molecule has 0 saturated heterocycles. The Morgan fingerprint density at radius 3 is 2.26 bits per heavy atom. The smallest absolute Gasteiger partial charge is 0.220 e. The minimum atomic E-state index is -1.46. The summed E-state index contributed by atoms with van der Waals surface area (Å²) in [6.45, 7) is -0.538.